The van der Waals surface area contributed by atoms with Gasteiger partial charge in [0.2, 0.25) is 5.91 Å². The monoisotopic (exact) mass is 226 g/mol. The van der Waals surface area contributed by atoms with Crippen LogP contribution in [0.15, 0.2) is 4.99 Å². The Hall–Kier alpha value is -1.26. The van der Waals surface area contributed by atoms with Crippen LogP contribution in [-0.2, 0) is 4.79 Å². The van der Waals surface area contributed by atoms with Gasteiger partial charge in [0.05, 0.1) is 0 Å². The molecule has 16 heavy (non-hydrogen) atoms. The maximum Gasteiger partial charge on any atom is 0.244 e. The van der Waals surface area contributed by atoms with E-state index in [0.29, 0.717) is 5.96 Å². The minimum absolute atomic E-state index is 0.0904. The van der Waals surface area contributed by atoms with Gasteiger partial charge in [0.1, 0.15) is 6.54 Å². The molecule has 1 fully saturated rings. The molecule has 0 aliphatic carbocycles. The maximum atomic E-state index is 11.7. The van der Waals surface area contributed by atoms with Crippen molar-refractivity contribution in [1.29, 1.82) is 0 Å². The highest BCUT2D eigenvalue weighted by Crippen LogP contribution is 2.07. The molecule has 1 rings (SSSR count). The first kappa shape index (κ1) is 12.8. The fourth-order valence-electron chi connectivity index (χ4n) is 1.86. The molecular weight excluding hydrogens is 204 g/mol. The molecule has 1 saturated heterocycles. The lowest BCUT2D eigenvalue weighted by Gasteiger charge is -2.20. The quantitative estimate of drug-likeness (QED) is 0.552. The molecule has 0 aromatic heterocycles. The number of hydrogen-bond donors (Lipinski definition) is 1. The Morgan fingerprint density at radius 3 is 2.38 bits per heavy atom. The third-order valence-electron chi connectivity index (χ3n) is 2.92. The van der Waals surface area contributed by atoms with E-state index in [1.165, 1.54) is 0 Å². The molecule has 1 aliphatic rings. The highest BCUT2D eigenvalue weighted by Gasteiger charge is 2.17. The van der Waals surface area contributed by atoms with Crippen LogP contribution in [0, 0.1) is 0 Å². The standard InChI is InChI=1S/C11H22N4O/c1-3-14(4-2)11(12)13-9-10(16)15-7-5-6-8-15/h3-9H2,1-2H3,(H2,12,13). The Kier molecular flexibility index (Phi) is 5.08. The molecule has 0 atom stereocenters. The van der Waals surface area contributed by atoms with E-state index in [2.05, 4.69) is 4.99 Å². The molecule has 5 nitrogen and oxygen atoms in total. The Labute approximate surface area is 97.3 Å². The number of carbonyl (C=O) groups is 1. The van der Waals surface area contributed by atoms with Gasteiger partial charge in [-0.1, -0.05) is 0 Å². The zero-order valence-electron chi connectivity index (χ0n) is 10.3. The van der Waals surface area contributed by atoms with Crippen LogP contribution in [0.4, 0.5) is 0 Å². The molecule has 0 aromatic carbocycles. The van der Waals surface area contributed by atoms with Gasteiger partial charge < -0.3 is 15.5 Å². The second-order valence-electron chi connectivity index (χ2n) is 3.93. The van der Waals surface area contributed by atoms with E-state index in [-0.39, 0.29) is 12.5 Å². The van der Waals surface area contributed by atoms with Gasteiger partial charge in [0.25, 0.3) is 0 Å². The second kappa shape index (κ2) is 6.35. The topological polar surface area (TPSA) is 61.9 Å². The van der Waals surface area contributed by atoms with E-state index < -0.39 is 0 Å². The summed E-state index contributed by atoms with van der Waals surface area (Å²) in [4.78, 5) is 19.6. The molecule has 92 valence electrons. The van der Waals surface area contributed by atoms with Crippen LogP contribution in [0.5, 0.6) is 0 Å². The molecule has 0 bridgehead atoms. The van der Waals surface area contributed by atoms with E-state index in [1.807, 2.05) is 23.6 Å². The molecule has 0 unspecified atom stereocenters. The van der Waals surface area contributed by atoms with Crippen molar-refractivity contribution in [3.63, 3.8) is 0 Å². The number of nitrogens with zero attached hydrogens (tertiary/aromatic N) is 3. The van der Waals surface area contributed by atoms with E-state index in [1.54, 1.807) is 0 Å². The molecule has 1 aliphatic heterocycles. The molecule has 0 radical (unpaired) electrons. The zero-order chi connectivity index (χ0) is 12.0. The van der Waals surface area contributed by atoms with Gasteiger partial charge in [-0.3, -0.25) is 4.79 Å². The number of hydrogen-bond acceptors (Lipinski definition) is 2. The molecule has 0 aromatic rings. The summed E-state index contributed by atoms with van der Waals surface area (Å²) in [6, 6.07) is 0. The van der Waals surface area contributed by atoms with E-state index >= 15 is 0 Å². The Bertz CT molecular complexity index is 255. The highest BCUT2D eigenvalue weighted by molar-refractivity contribution is 5.84. The average Bonchev–Trinajstić information content (AvgIpc) is 2.81. The summed E-state index contributed by atoms with van der Waals surface area (Å²) >= 11 is 0. The van der Waals surface area contributed by atoms with Crippen molar-refractivity contribution in [1.82, 2.24) is 9.80 Å². The lowest BCUT2D eigenvalue weighted by Crippen LogP contribution is -2.38. The van der Waals surface area contributed by atoms with Crippen molar-refractivity contribution in [3.05, 3.63) is 0 Å². The van der Waals surface area contributed by atoms with Gasteiger partial charge in [-0.05, 0) is 26.7 Å². The smallest absolute Gasteiger partial charge is 0.244 e. The summed E-state index contributed by atoms with van der Waals surface area (Å²) < 4.78 is 0. The number of carbonyl (C=O) groups excluding carboxylic acids is 1. The minimum Gasteiger partial charge on any atom is -0.370 e. The van der Waals surface area contributed by atoms with E-state index in [9.17, 15) is 4.79 Å². The van der Waals surface area contributed by atoms with Gasteiger partial charge >= 0.3 is 0 Å². The Morgan fingerprint density at radius 1 is 1.31 bits per heavy atom. The molecule has 0 saturated carbocycles. The lowest BCUT2D eigenvalue weighted by molar-refractivity contribution is -0.128. The van der Waals surface area contributed by atoms with Gasteiger partial charge in [0, 0.05) is 26.2 Å². The lowest BCUT2D eigenvalue weighted by atomic mass is 10.4. The molecular formula is C11H22N4O. The summed E-state index contributed by atoms with van der Waals surface area (Å²) in [6.07, 6.45) is 2.22. The summed E-state index contributed by atoms with van der Waals surface area (Å²) in [5, 5.41) is 0. The first-order valence-corrected chi connectivity index (χ1v) is 6.01. The molecule has 1 heterocycles. The SMILES string of the molecule is CCN(CC)C(N)=NCC(=O)N1CCCC1. The molecule has 1 amide bonds. The largest absolute Gasteiger partial charge is 0.370 e. The number of rotatable bonds is 4. The number of likely N-dealkylation sites (tertiary alicyclic amines) is 1. The van der Waals surface area contributed by atoms with Crippen LogP contribution in [0.3, 0.4) is 0 Å². The Balaban J connectivity index is 2.41. The number of guanidine groups is 1. The normalized spacial score (nSPS) is 16.6. The predicted octanol–water partition coefficient (Wildman–Crippen LogP) is 0.265. The van der Waals surface area contributed by atoms with Crippen LogP contribution >= 0.6 is 0 Å². The van der Waals surface area contributed by atoms with Crippen LogP contribution in [0.2, 0.25) is 0 Å². The van der Waals surface area contributed by atoms with Gasteiger partial charge in [0.15, 0.2) is 5.96 Å². The van der Waals surface area contributed by atoms with Crippen LogP contribution in [-0.4, -0.2) is 54.4 Å². The average molecular weight is 226 g/mol. The number of aliphatic imine (C=N–C) groups is 1. The number of amides is 1. The van der Waals surface area contributed by atoms with E-state index in [0.717, 1.165) is 39.0 Å². The first-order chi connectivity index (χ1) is 7.69. The molecule has 5 heteroatoms. The third-order valence-corrected chi connectivity index (χ3v) is 2.92. The maximum absolute atomic E-state index is 11.7. The zero-order valence-corrected chi connectivity index (χ0v) is 10.3. The fraction of sp³-hybridized carbons (Fsp3) is 0.818. The van der Waals surface area contributed by atoms with Crippen molar-refractivity contribution < 1.29 is 4.79 Å². The predicted molar refractivity (Wildman–Crippen MR) is 65.2 cm³/mol. The van der Waals surface area contributed by atoms with Crippen molar-refractivity contribution in [2.45, 2.75) is 26.7 Å². The minimum atomic E-state index is 0.0904. The van der Waals surface area contributed by atoms with Crippen LogP contribution in [0.25, 0.3) is 0 Å². The van der Waals surface area contributed by atoms with Gasteiger partial charge in [-0.2, -0.15) is 0 Å². The summed E-state index contributed by atoms with van der Waals surface area (Å²) in [6.45, 7) is 7.62. The van der Waals surface area contributed by atoms with Crippen molar-refractivity contribution in [3.8, 4) is 0 Å². The summed E-state index contributed by atoms with van der Waals surface area (Å²) in [7, 11) is 0. The first-order valence-electron chi connectivity index (χ1n) is 6.01. The van der Waals surface area contributed by atoms with Crippen molar-refractivity contribution >= 4 is 11.9 Å². The van der Waals surface area contributed by atoms with Crippen molar-refractivity contribution in [2.75, 3.05) is 32.7 Å². The number of nitrogens with two attached hydrogens (primary N) is 1. The van der Waals surface area contributed by atoms with Crippen molar-refractivity contribution in [2.24, 2.45) is 10.7 Å². The highest BCUT2D eigenvalue weighted by atomic mass is 16.2. The third kappa shape index (κ3) is 3.40. The van der Waals surface area contributed by atoms with Gasteiger partial charge in [-0.25, -0.2) is 4.99 Å². The van der Waals surface area contributed by atoms with Crippen LogP contribution in [0.1, 0.15) is 26.7 Å². The van der Waals surface area contributed by atoms with E-state index in [4.69, 9.17) is 5.73 Å². The van der Waals surface area contributed by atoms with Gasteiger partial charge in [-0.15, -0.1) is 0 Å². The molecule has 2 N–H and O–H groups in total. The second-order valence-corrected chi connectivity index (χ2v) is 3.93. The fourth-order valence-corrected chi connectivity index (χ4v) is 1.86. The summed E-state index contributed by atoms with van der Waals surface area (Å²) in [5.41, 5.74) is 5.79. The van der Waals surface area contributed by atoms with Crippen LogP contribution < -0.4 is 5.73 Å². The Morgan fingerprint density at radius 2 is 1.88 bits per heavy atom. The summed E-state index contributed by atoms with van der Waals surface area (Å²) in [5.74, 6) is 0.560. The molecule has 0 spiro atoms.